The van der Waals surface area contributed by atoms with E-state index in [1.165, 1.54) is 60.1 Å². The molecule has 7 aromatic carbocycles. The number of fused-ring (bicyclic) bond motifs is 12. The second-order valence-electron chi connectivity index (χ2n) is 13.0. The Hall–Kier alpha value is -5.80. The van der Waals surface area contributed by atoms with Gasteiger partial charge >= 0.3 is 0 Å². The van der Waals surface area contributed by atoms with Crippen LogP contribution in [0.2, 0.25) is 0 Å². The SMILES string of the molecule is CC1(C)c2ccccc2-c2c1c1c(c3ccccc23)c2ccccc2n1-c1nc(-c2ccc3ccccc3c2)c2ccccc2n1. The fourth-order valence-corrected chi connectivity index (χ4v) is 8.12. The van der Waals surface area contributed by atoms with Gasteiger partial charge in [-0.2, -0.15) is 0 Å². The highest BCUT2D eigenvalue weighted by atomic mass is 15.2. The van der Waals surface area contributed by atoms with Gasteiger partial charge in [0.05, 0.1) is 22.2 Å². The second kappa shape index (κ2) is 9.12. The highest BCUT2D eigenvalue weighted by Gasteiger charge is 2.40. The maximum absolute atomic E-state index is 5.47. The monoisotopic (exact) mass is 587 g/mol. The van der Waals surface area contributed by atoms with Crippen LogP contribution < -0.4 is 0 Å². The van der Waals surface area contributed by atoms with E-state index >= 15 is 0 Å². The molecule has 0 aliphatic heterocycles. The van der Waals surface area contributed by atoms with Crippen molar-refractivity contribution in [2.24, 2.45) is 0 Å². The smallest absolute Gasteiger partial charge is 0.235 e. The molecule has 10 rings (SSSR count). The van der Waals surface area contributed by atoms with E-state index < -0.39 is 0 Å². The fourth-order valence-electron chi connectivity index (χ4n) is 8.12. The molecular weight excluding hydrogens is 558 g/mol. The van der Waals surface area contributed by atoms with Crippen molar-refractivity contribution in [2.45, 2.75) is 19.3 Å². The zero-order valence-corrected chi connectivity index (χ0v) is 25.6. The Morgan fingerprint density at radius 2 is 1.24 bits per heavy atom. The lowest BCUT2D eigenvalue weighted by Gasteiger charge is -2.24. The third kappa shape index (κ3) is 3.32. The first-order chi connectivity index (χ1) is 22.6. The Balaban J connectivity index is 1.40. The van der Waals surface area contributed by atoms with Crippen molar-refractivity contribution in [3.05, 3.63) is 151 Å². The van der Waals surface area contributed by atoms with Crippen molar-refractivity contribution in [3.63, 3.8) is 0 Å². The van der Waals surface area contributed by atoms with Gasteiger partial charge < -0.3 is 0 Å². The average molecular weight is 588 g/mol. The summed E-state index contributed by atoms with van der Waals surface area (Å²) in [7, 11) is 0. The Morgan fingerprint density at radius 3 is 2.11 bits per heavy atom. The predicted octanol–water partition coefficient (Wildman–Crippen LogP) is 11.0. The number of hydrogen-bond acceptors (Lipinski definition) is 2. The minimum absolute atomic E-state index is 0.224. The summed E-state index contributed by atoms with van der Waals surface area (Å²) in [5, 5.41) is 8.49. The van der Waals surface area contributed by atoms with Crippen molar-refractivity contribution in [1.29, 1.82) is 0 Å². The van der Waals surface area contributed by atoms with Gasteiger partial charge in [-0.1, -0.05) is 135 Å². The summed E-state index contributed by atoms with van der Waals surface area (Å²) in [5.41, 5.74) is 10.4. The molecule has 1 aliphatic rings. The Labute approximate surface area is 266 Å². The van der Waals surface area contributed by atoms with Gasteiger partial charge in [0.1, 0.15) is 0 Å². The molecular formula is C43H29N3. The quantitative estimate of drug-likeness (QED) is 0.201. The van der Waals surface area contributed by atoms with Crippen LogP contribution in [0.1, 0.15) is 25.0 Å². The Bertz CT molecular complexity index is 2730. The molecule has 0 saturated carbocycles. The van der Waals surface area contributed by atoms with E-state index in [2.05, 4.69) is 158 Å². The highest BCUT2D eigenvalue weighted by Crippen LogP contribution is 2.56. The van der Waals surface area contributed by atoms with Gasteiger partial charge in [0.25, 0.3) is 0 Å². The molecule has 2 aromatic heterocycles. The fraction of sp³-hybridized carbons (Fsp3) is 0.0698. The van der Waals surface area contributed by atoms with Crippen molar-refractivity contribution in [2.75, 3.05) is 0 Å². The van der Waals surface area contributed by atoms with Gasteiger partial charge in [-0.25, -0.2) is 9.97 Å². The molecule has 0 radical (unpaired) electrons. The largest absolute Gasteiger partial charge is 0.278 e. The summed E-state index contributed by atoms with van der Waals surface area (Å²) in [6.45, 7) is 4.74. The average Bonchev–Trinajstić information content (AvgIpc) is 3.57. The lowest BCUT2D eigenvalue weighted by atomic mass is 9.80. The maximum atomic E-state index is 5.47. The van der Waals surface area contributed by atoms with Crippen LogP contribution in [-0.4, -0.2) is 14.5 Å². The molecule has 1 aliphatic carbocycles. The van der Waals surface area contributed by atoms with E-state index in [0.29, 0.717) is 5.95 Å². The zero-order valence-electron chi connectivity index (χ0n) is 25.6. The van der Waals surface area contributed by atoms with Crippen LogP contribution in [-0.2, 0) is 5.41 Å². The lowest BCUT2D eigenvalue weighted by Crippen LogP contribution is -2.17. The van der Waals surface area contributed by atoms with Gasteiger partial charge in [0.2, 0.25) is 5.95 Å². The van der Waals surface area contributed by atoms with Crippen LogP contribution in [0.3, 0.4) is 0 Å². The van der Waals surface area contributed by atoms with Gasteiger partial charge in [0.15, 0.2) is 0 Å². The summed E-state index contributed by atoms with van der Waals surface area (Å²) in [4.78, 5) is 10.8. The van der Waals surface area contributed by atoms with Gasteiger partial charge in [0, 0.05) is 27.1 Å². The molecule has 3 nitrogen and oxygen atoms in total. The van der Waals surface area contributed by atoms with E-state index in [-0.39, 0.29) is 5.41 Å². The molecule has 0 fully saturated rings. The normalized spacial score (nSPS) is 13.6. The summed E-state index contributed by atoms with van der Waals surface area (Å²) in [6.07, 6.45) is 0. The molecule has 216 valence electrons. The topological polar surface area (TPSA) is 30.7 Å². The molecule has 0 atom stereocenters. The third-order valence-corrected chi connectivity index (χ3v) is 10.1. The van der Waals surface area contributed by atoms with E-state index in [1.807, 2.05) is 0 Å². The van der Waals surface area contributed by atoms with Crippen molar-refractivity contribution >= 4 is 54.3 Å². The first kappa shape index (κ1) is 25.5. The number of benzene rings is 7. The number of nitrogens with zero attached hydrogens (tertiary/aromatic N) is 3. The van der Waals surface area contributed by atoms with Crippen LogP contribution in [0, 0.1) is 0 Å². The van der Waals surface area contributed by atoms with Crippen LogP contribution >= 0.6 is 0 Å². The van der Waals surface area contributed by atoms with E-state index in [1.54, 1.807) is 0 Å². The lowest BCUT2D eigenvalue weighted by molar-refractivity contribution is 0.664. The maximum Gasteiger partial charge on any atom is 0.235 e. The van der Waals surface area contributed by atoms with Gasteiger partial charge in [-0.05, 0) is 62.0 Å². The van der Waals surface area contributed by atoms with Gasteiger partial charge in [-0.15, -0.1) is 0 Å². The molecule has 2 heterocycles. The number of hydrogen-bond donors (Lipinski definition) is 0. The molecule has 0 spiro atoms. The van der Waals surface area contributed by atoms with E-state index in [4.69, 9.17) is 9.97 Å². The van der Waals surface area contributed by atoms with Gasteiger partial charge in [-0.3, -0.25) is 4.57 Å². The van der Waals surface area contributed by atoms with Crippen molar-refractivity contribution in [1.82, 2.24) is 14.5 Å². The van der Waals surface area contributed by atoms with E-state index in [9.17, 15) is 0 Å². The molecule has 0 saturated heterocycles. The molecule has 3 heteroatoms. The third-order valence-electron chi connectivity index (χ3n) is 10.1. The minimum atomic E-state index is -0.224. The first-order valence-corrected chi connectivity index (χ1v) is 15.9. The zero-order chi connectivity index (χ0) is 30.6. The first-order valence-electron chi connectivity index (χ1n) is 15.9. The number of rotatable bonds is 2. The van der Waals surface area contributed by atoms with Crippen molar-refractivity contribution in [3.8, 4) is 28.3 Å². The van der Waals surface area contributed by atoms with Crippen LogP contribution in [0.5, 0.6) is 0 Å². The highest BCUT2D eigenvalue weighted by molar-refractivity contribution is 6.26. The Kier molecular flexibility index (Phi) is 5.06. The van der Waals surface area contributed by atoms with Crippen LogP contribution in [0.4, 0.5) is 0 Å². The summed E-state index contributed by atoms with van der Waals surface area (Å²) >= 11 is 0. The molecule has 0 unspecified atom stereocenters. The second-order valence-corrected chi connectivity index (χ2v) is 13.0. The van der Waals surface area contributed by atoms with Crippen molar-refractivity contribution < 1.29 is 0 Å². The van der Waals surface area contributed by atoms with Crippen LogP contribution in [0.15, 0.2) is 140 Å². The molecule has 0 N–H and O–H groups in total. The predicted molar refractivity (Wildman–Crippen MR) is 192 cm³/mol. The summed E-state index contributed by atoms with van der Waals surface area (Å²) in [6, 6.07) is 50.1. The number of aromatic nitrogens is 3. The summed E-state index contributed by atoms with van der Waals surface area (Å²) < 4.78 is 2.35. The standard InChI is InChI=1S/C43H29N3/c1-43(2)34-20-10-7-17-31(34)37-29-15-5-6-16-30(29)38-33-19-9-12-22-36(33)46(41(38)39(37)43)42-44-35-21-11-8-18-32(35)40(45-42)28-24-23-26-13-3-4-14-27(26)25-28/h3-25H,1-2H3. The molecule has 9 aromatic rings. The molecule has 0 amide bonds. The van der Waals surface area contributed by atoms with E-state index in [0.717, 1.165) is 27.7 Å². The minimum Gasteiger partial charge on any atom is -0.278 e. The Morgan fingerprint density at radius 1 is 0.565 bits per heavy atom. The van der Waals surface area contributed by atoms with Crippen LogP contribution in [0.25, 0.3) is 82.6 Å². The molecule has 0 bridgehead atoms. The molecule has 46 heavy (non-hydrogen) atoms. The summed E-state index contributed by atoms with van der Waals surface area (Å²) in [5.74, 6) is 0.692. The number of para-hydroxylation sites is 2.